The van der Waals surface area contributed by atoms with Crippen molar-refractivity contribution in [3.8, 4) is 0 Å². The monoisotopic (exact) mass is 205 g/mol. The van der Waals surface area contributed by atoms with Crippen LogP contribution in [0.4, 0.5) is 5.69 Å². The molecule has 3 N–H and O–H groups in total. The smallest absolute Gasteiger partial charge is 0.0952 e. The van der Waals surface area contributed by atoms with E-state index in [1.165, 1.54) is 5.69 Å². The second-order valence-electron chi connectivity index (χ2n) is 3.73. The van der Waals surface area contributed by atoms with E-state index in [9.17, 15) is 0 Å². The first kappa shape index (κ1) is 11.6. The standard InChI is InChI=1S/C12H19N3/c1-3-15(9-10(2)12(13)14)11-7-5-4-6-8-11/h4-8,10H,3,9H2,1-2H3,(H3,13,14). The molecular formula is C12H19N3. The van der Waals surface area contributed by atoms with Gasteiger partial charge in [-0.1, -0.05) is 25.1 Å². The van der Waals surface area contributed by atoms with Crippen LogP contribution in [0.1, 0.15) is 13.8 Å². The maximum Gasteiger partial charge on any atom is 0.0952 e. The maximum absolute atomic E-state index is 7.38. The molecule has 0 spiro atoms. The van der Waals surface area contributed by atoms with Gasteiger partial charge in [0.05, 0.1) is 5.84 Å². The average Bonchev–Trinajstić information content (AvgIpc) is 2.26. The molecule has 1 unspecified atom stereocenters. The SMILES string of the molecule is CCN(CC(C)C(=N)N)c1ccccc1. The fourth-order valence-electron chi connectivity index (χ4n) is 1.48. The number of rotatable bonds is 5. The van der Waals surface area contributed by atoms with E-state index in [0.29, 0.717) is 0 Å². The van der Waals surface area contributed by atoms with Crippen LogP contribution in [0.3, 0.4) is 0 Å². The first-order chi connectivity index (χ1) is 7.15. The minimum atomic E-state index is 0.102. The number of hydrogen-bond acceptors (Lipinski definition) is 2. The minimum absolute atomic E-state index is 0.102. The molecule has 3 nitrogen and oxygen atoms in total. The highest BCUT2D eigenvalue weighted by molar-refractivity contribution is 5.79. The van der Waals surface area contributed by atoms with Crippen molar-refractivity contribution in [2.45, 2.75) is 13.8 Å². The first-order valence-electron chi connectivity index (χ1n) is 5.29. The van der Waals surface area contributed by atoms with Crippen molar-refractivity contribution < 1.29 is 0 Å². The van der Waals surface area contributed by atoms with Gasteiger partial charge in [-0.15, -0.1) is 0 Å². The molecule has 0 saturated carbocycles. The summed E-state index contributed by atoms with van der Waals surface area (Å²) in [6, 6.07) is 10.2. The summed E-state index contributed by atoms with van der Waals surface area (Å²) in [6.07, 6.45) is 0. The molecule has 0 saturated heterocycles. The highest BCUT2D eigenvalue weighted by Gasteiger charge is 2.11. The lowest BCUT2D eigenvalue weighted by Crippen LogP contribution is -2.34. The molecule has 0 aromatic heterocycles. The van der Waals surface area contributed by atoms with Gasteiger partial charge in [-0.2, -0.15) is 0 Å². The van der Waals surface area contributed by atoms with Gasteiger partial charge in [-0.25, -0.2) is 0 Å². The zero-order valence-corrected chi connectivity index (χ0v) is 9.40. The van der Waals surface area contributed by atoms with Gasteiger partial charge in [0.1, 0.15) is 0 Å². The Labute approximate surface area is 91.4 Å². The topological polar surface area (TPSA) is 53.1 Å². The van der Waals surface area contributed by atoms with Crippen LogP contribution in [0.2, 0.25) is 0 Å². The van der Waals surface area contributed by atoms with Gasteiger partial charge in [0.15, 0.2) is 0 Å². The van der Waals surface area contributed by atoms with E-state index in [0.717, 1.165) is 13.1 Å². The summed E-state index contributed by atoms with van der Waals surface area (Å²) in [5, 5.41) is 7.38. The van der Waals surface area contributed by atoms with Crippen LogP contribution < -0.4 is 10.6 Å². The average molecular weight is 205 g/mol. The molecule has 0 aliphatic carbocycles. The summed E-state index contributed by atoms with van der Waals surface area (Å²) >= 11 is 0. The summed E-state index contributed by atoms with van der Waals surface area (Å²) in [4.78, 5) is 2.23. The van der Waals surface area contributed by atoms with Crippen molar-refractivity contribution in [1.29, 1.82) is 5.41 Å². The largest absolute Gasteiger partial charge is 0.387 e. The van der Waals surface area contributed by atoms with Gasteiger partial charge in [-0.3, -0.25) is 5.41 Å². The van der Waals surface area contributed by atoms with Gasteiger partial charge in [0, 0.05) is 24.7 Å². The van der Waals surface area contributed by atoms with E-state index in [-0.39, 0.29) is 11.8 Å². The zero-order chi connectivity index (χ0) is 11.3. The summed E-state index contributed by atoms with van der Waals surface area (Å²) in [5.74, 6) is 0.356. The van der Waals surface area contributed by atoms with Crippen molar-refractivity contribution in [1.82, 2.24) is 0 Å². The second-order valence-corrected chi connectivity index (χ2v) is 3.73. The van der Waals surface area contributed by atoms with E-state index in [1.54, 1.807) is 0 Å². The molecule has 0 radical (unpaired) electrons. The number of nitrogens with two attached hydrogens (primary N) is 1. The molecule has 3 heteroatoms. The number of hydrogen-bond donors (Lipinski definition) is 2. The number of para-hydroxylation sites is 1. The minimum Gasteiger partial charge on any atom is -0.387 e. The molecule has 1 aromatic carbocycles. The third-order valence-electron chi connectivity index (χ3n) is 2.53. The second kappa shape index (κ2) is 5.39. The van der Waals surface area contributed by atoms with Gasteiger partial charge in [-0.05, 0) is 19.1 Å². The van der Waals surface area contributed by atoms with Crippen molar-refractivity contribution in [3.63, 3.8) is 0 Å². The number of anilines is 1. The van der Waals surface area contributed by atoms with Crippen molar-refractivity contribution in [2.24, 2.45) is 11.7 Å². The molecule has 0 fully saturated rings. The van der Waals surface area contributed by atoms with Crippen LogP contribution in [0.5, 0.6) is 0 Å². The Bertz CT molecular complexity index is 308. The van der Waals surface area contributed by atoms with Crippen molar-refractivity contribution in [3.05, 3.63) is 30.3 Å². The van der Waals surface area contributed by atoms with Gasteiger partial charge in [0.2, 0.25) is 0 Å². The van der Waals surface area contributed by atoms with Crippen LogP contribution in [0.15, 0.2) is 30.3 Å². The number of nitrogens with zero attached hydrogens (tertiary/aromatic N) is 1. The molecule has 0 aliphatic heterocycles. The predicted octanol–water partition coefficient (Wildman–Crippen LogP) is 2.08. The Morgan fingerprint density at radius 2 is 2.00 bits per heavy atom. The Kier molecular flexibility index (Phi) is 4.16. The Morgan fingerprint density at radius 3 is 2.47 bits per heavy atom. The van der Waals surface area contributed by atoms with Crippen LogP contribution >= 0.6 is 0 Å². The Hall–Kier alpha value is -1.51. The summed E-state index contributed by atoms with van der Waals surface area (Å²) < 4.78 is 0. The lowest BCUT2D eigenvalue weighted by atomic mass is 10.1. The van der Waals surface area contributed by atoms with Gasteiger partial charge in [0.25, 0.3) is 0 Å². The lowest BCUT2D eigenvalue weighted by molar-refractivity contribution is 0.697. The summed E-state index contributed by atoms with van der Waals surface area (Å²) in [6.45, 7) is 5.82. The lowest BCUT2D eigenvalue weighted by Gasteiger charge is -2.26. The third-order valence-corrected chi connectivity index (χ3v) is 2.53. The highest BCUT2D eigenvalue weighted by Crippen LogP contribution is 2.14. The van der Waals surface area contributed by atoms with E-state index in [2.05, 4.69) is 24.0 Å². The van der Waals surface area contributed by atoms with Gasteiger partial charge < -0.3 is 10.6 Å². The Morgan fingerprint density at radius 1 is 1.40 bits per heavy atom. The number of amidine groups is 1. The molecular weight excluding hydrogens is 186 g/mol. The zero-order valence-electron chi connectivity index (χ0n) is 9.40. The molecule has 82 valence electrons. The molecule has 1 rings (SSSR count). The molecule has 0 bridgehead atoms. The molecule has 0 heterocycles. The predicted molar refractivity (Wildman–Crippen MR) is 65.4 cm³/mol. The maximum atomic E-state index is 7.38. The van der Waals surface area contributed by atoms with Gasteiger partial charge >= 0.3 is 0 Å². The van der Waals surface area contributed by atoms with E-state index in [1.807, 2.05) is 25.1 Å². The summed E-state index contributed by atoms with van der Waals surface area (Å²) in [5.41, 5.74) is 6.66. The Balaban J connectivity index is 2.69. The molecule has 15 heavy (non-hydrogen) atoms. The van der Waals surface area contributed by atoms with Crippen LogP contribution in [0, 0.1) is 11.3 Å². The van der Waals surface area contributed by atoms with Crippen molar-refractivity contribution >= 4 is 11.5 Å². The van der Waals surface area contributed by atoms with Crippen LogP contribution in [-0.4, -0.2) is 18.9 Å². The van der Waals surface area contributed by atoms with E-state index < -0.39 is 0 Å². The number of nitrogens with one attached hydrogen (secondary N) is 1. The molecule has 1 atom stereocenters. The summed E-state index contributed by atoms with van der Waals surface area (Å²) in [7, 11) is 0. The molecule has 0 amide bonds. The fourth-order valence-corrected chi connectivity index (χ4v) is 1.48. The quantitative estimate of drug-likeness (QED) is 0.571. The third kappa shape index (κ3) is 3.27. The fraction of sp³-hybridized carbons (Fsp3) is 0.417. The molecule has 1 aromatic rings. The van der Waals surface area contributed by atoms with Crippen LogP contribution in [-0.2, 0) is 0 Å². The highest BCUT2D eigenvalue weighted by atomic mass is 15.1. The normalized spacial score (nSPS) is 12.1. The first-order valence-corrected chi connectivity index (χ1v) is 5.29. The molecule has 0 aliphatic rings. The van der Waals surface area contributed by atoms with Crippen molar-refractivity contribution in [2.75, 3.05) is 18.0 Å². The van der Waals surface area contributed by atoms with E-state index >= 15 is 0 Å². The van der Waals surface area contributed by atoms with Crippen LogP contribution in [0.25, 0.3) is 0 Å². The van der Waals surface area contributed by atoms with E-state index in [4.69, 9.17) is 11.1 Å². The number of benzene rings is 1.